The molecule has 1 aliphatic rings. The molecule has 2 N–H and O–H groups in total. The molecule has 0 radical (unpaired) electrons. The van der Waals surface area contributed by atoms with Crippen molar-refractivity contribution < 1.29 is 15.0 Å². The van der Waals surface area contributed by atoms with Crippen LogP contribution in [0.1, 0.15) is 58.4 Å². The predicted molar refractivity (Wildman–Crippen MR) is 147 cm³/mol. The first kappa shape index (κ1) is 23.7. The minimum Gasteiger partial charge on any atom is -0.507 e. The van der Waals surface area contributed by atoms with Gasteiger partial charge in [0.25, 0.3) is 0 Å². The Labute approximate surface area is 215 Å². The van der Waals surface area contributed by atoms with Crippen molar-refractivity contribution >= 4 is 22.9 Å². The fourth-order valence-electron chi connectivity index (χ4n) is 4.62. The summed E-state index contributed by atoms with van der Waals surface area (Å²) < 4.78 is 0. The molecule has 0 bridgehead atoms. The van der Waals surface area contributed by atoms with E-state index in [2.05, 4.69) is 91.7 Å². The van der Waals surface area contributed by atoms with Gasteiger partial charge in [0.1, 0.15) is 5.75 Å². The summed E-state index contributed by atoms with van der Waals surface area (Å²) in [5, 5.41) is 21.3. The summed E-state index contributed by atoms with van der Waals surface area (Å²) in [5.74, 6) is 4.92. The maximum Gasteiger partial charge on any atom is 0.335 e. The van der Waals surface area contributed by atoms with Crippen molar-refractivity contribution in [3.63, 3.8) is 0 Å². The quantitative estimate of drug-likeness (QED) is 0.291. The van der Waals surface area contributed by atoms with E-state index in [1.165, 1.54) is 44.8 Å². The van der Waals surface area contributed by atoms with Crippen LogP contribution in [-0.2, 0) is 11.8 Å². The Hall–Kier alpha value is -4.07. The van der Waals surface area contributed by atoms with E-state index in [-0.39, 0.29) is 16.7 Å². The number of phenolic OH excluding ortho intramolecular Hbond substituents is 1. The summed E-state index contributed by atoms with van der Waals surface area (Å²) in [4.78, 5) is 12.3. The van der Waals surface area contributed by atoms with Crippen LogP contribution in [0.2, 0.25) is 0 Å². The zero-order valence-electron chi connectivity index (χ0n) is 20.2. The number of carboxylic acid groups (broad SMARTS) is 1. The fraction of sp³-hybridized carbons (Fsp3) is 0.156. The lowest BCUT2D eigenvalue weighted by Gasteiger charge is -2.32. The molecule has 178 valence electrons. The number of allylic oxidation sites excluding steroid dienone is 1. The van der Waals surface area contributed by atoms with E-state index in [1.807, 2.05) is 0 Å². The Bertz CT molecular complexity index is 1530. The molecule has 0 spiro atoms. The van der Waals surface area contributed by atoms with Gasteiger partial charge in [-0.05, 0) is 74.9 Å². The SMILES string of the molecule is CC1(C)CC=C(c2ccc(-c3cccs3)cc2)c2ccc(CC#Cc3ccc(C(=O)O)cc3O)cc21. The first-order valence-corrected chi connectivity index (χ1v) is 12.7. The third-order valence-electron chi connectivity index (χ3n) is 6.68. The average molecular weight is 491 g/mol. The van der Waals surface area contributed by atoms with E-state index < -0.39 is 5.97 Å². The second-order valence-corrected chi connectivity index (χ2v) is 10.6. The standard InChI is InChI=1S/C32H26O3S/c1-32(2)17-16-26(22-9-12-24(13-10-22)30-7-4-18-36-30)27-15-8-21(19-28(27)32)5-3-6-23-11-14-25(31(34)35)20-29(23)33/h4,7-16,18-20,33H,5,17H2,1-2H3,(H,34,35). The van der Waals surface area contributed by atoms with Crippen molar-refractivity contribution in [2.45, 2.75) is 32.1 Å². The molecule has 0 unspecified atom stereocenters. The lowest BCUT2D eigenvalue weighted by Crippen LogP contribution is -2.22. The van der Waals surface area contributed by atoms with Gasteiger partial charge in [-0.15, -0.1) is 11.3 Å². The van der Waals surface area contributed by atoms with Crippen LogP contribution in [0, 0.1) is 11.8 Å². The van der Waals surface area contributed by atoms with Crippen LogP contribution in [0.4, 0.5) is 0 Å². The van der Waals surface area contributed by atoms with E-state index in [4.69, 9.17) is 5.11 Å². The van der Waals surface area contributed by atoms with E-state index in [0.29, 0.717) is 12.0 Å². The monoisotopic (exact) mass is 490 g/mol. The Morgan fingerprint density at radius 2 is 1.78 bits per heavy atom. The normalized spacial score (nSPS) is 13.8. The number of carboxylic acids is 1. The van der Waals surface area contributed by atoms with Gasteiger partial charge in [-0.1, -0.05) is 80.3 Å². The molecular weight excluding hydrogens is 464 g/mol. The van der Waals surface area contributed by atoms with E-state index in [1.54, 1.807) is 17.4 Å². The van der Waals surface area contributed by atoms with Gasteiger partial charge in [-0.3, -0.25) is 0 Å². The van der Waals surface area contributed by atoms with Crippen molar-refractivity contribution in [1.82, 2.24) is 0 Å². The first-order valence-electron chi connectivity index (χ1n) is 11.9. The van der Waals surface area contributed by atoms with Crippen LogP contribution in [0.3, 0.4) is 0 Å². The minimum atomic E-state index is -1.08. The molecule has 3 nitrogen and oxygen atoms in total. The largest absolute Gasteiger partial charge is 0.507 e. The summed E-state index contributed by atoms with van der Waals surface area (Å²) in [6.07, 6.45) is 3.85. The molecule has 5 rings (SSSR count). The van der Waals surface area contributed by atoms with Crippen LogP contribution < -0.4 is 0 Å². The summed E-state index contributed by atoms with van der Waals surface area (Å²) in [7, 11) is 0. The molecule has 0 saturated carbocycles. The Kier molecular flexibility index (Phi) is 6.26. The summed E-state index contributed by atoms with van der Waals surface area (Å²) in [6.45, 7) is 4.55. The number of fused-ring (bicyclic) bond motifs is 1. The molecule has 3 aromatic carbocycles. The van der Waals surface area contributed by atoms with Crippen molar-refractivity contribution in [1.29, 1.82) is 0 Å². The summed E-state index contributed by atoms with van der Waals surface area (Å²) >= 11 is 1.75. The number of carbonyl (C=O) groups is 1. The number of aromatic carboxylic acids is 1. The molecule has 1 heterocycles. The number of aromatic hydroxyl groups is 1. The highest BCUT2D eigenvalue weighted by Gasteiger charge is 2.28. The maximum atomic E-state index is 11.1. The third-order valence-corrected chi connectivity index (χ3v) is 7.60. The highest BCUT2D eigenvalue weighted by atomic mass is 32.1. The zero-order chi connectivity index (χ0) is 25.3. The highest BCUT2D eigenvalue weighted by molar-refractivity contribution is 7.13. The summed E-state index contributed by atoms with van der Waals surface area (Å²) in [5.41, 5.74) is 7.90. The van der Waals surface area contributed by atoms with Gasteiger partial charge in [0.2, 0.25) is 0 Å². The lowest BCUT2D eigenvalue weighted by atomic mass is 9.71. The molecule has 4 heteroatoms. The number of hydrogen-bond donors (Lipinski definition) is 2. The van der Waals surface area contributed by atoms with Crippen molar-refractivity contribution in [2.75, 3.05) is 0 Å². The number of thiophene rings is 1. The summed E-state index contributed by atoms with van der Waals surface area (Å²) in [6, 6.07) is 23.9. The lowest BCUT2D eigenvalue weighted by molar-refractivity contribution is 0.0696. The highest BCUT2D eigenvalue weighted by Crippen LogP contribution is 2.42. The van der Waals surface area contributed by atoms with Gasteiger partial charge in [0.15, 0.2) is 0 Å². The van der Waals surface area contributed by atoms with Gasteiger partial charge >= 0.3 is 5.97 Å². The zero-order valence-corrected chi connectivity index (χ0v) is 21.0. The van der Waals surface area contributed by atoms with Crippen molar-refractivity contribution in [3.8, 4) is 28.0 Å². The van der Waals surface area contributed by atoms with Crippen LogP contribution in [0.15, 0.2) is 84.3 Å². The Morgan fingerprint density at radius 1 is 1.00 bits per heavy atom. The predicted octanol–water partition coefficient (Wildman–Crippen LogP) is 7.53. The third kappa shape index (κ3) is 4.71. The van der Waals surface area contributed by atoms with E-state index in [0.717, 1.165) is 12.0 Å². The van der Waals surface area contributed by atoms with E-state index >= 15 is 0 Å². The van der Waals surface area contributed by atoms with Crippen molar-refractivity contribution in [3.05, 3.63) is 118 Å². The fourth-order valence-corrected chi connectivity index (χ4v) is 5.35. The van der Waals surface area contributed by atoms with Crippen molar-refractivity contribution in [2.24, 2.45) is 0 Å². The second kappa shape index (κ2) is 9.53. The Morgan fingerprint density at radius 3 is 2.47 bits per heavy atom. The van der Waals surface area contributed by atoms with Gasteiger partial charge in [0, 0.05) is 11.3 Å². The molecule has 1 aromatic heterocycles. The molecule has 0 amide bonds. The van der Waals surface area contributed by atoms with Crippen LogP contribution in [-0.4, -0.2) is 16.2 Å². The maximum absolute atomic E-state index is 11.1. The molecule has 0 saturated heterocycles. The van der Waals surface area contributed by atoms with Crippen LogP contribution >= 0.6 is 11.3 Å². The number of phenols is 1. The average Bonchev–Trinajstić information content (AvgIpc) is 3.40. The number of benzene rings is 3. The first-order chi connectivity index (χ1) is 17.3. The number of rotatable bonds is 4. The van der Waals surface area contributed by atoms with E-state index in [9.17, 15) is 9.90 Å². The number of hydrogen-bond acceptors (Lipinski definition) is 3. The molecule has 0 atom stereocenters. The van der Waals surface area contributed by atoms with Crippen LogP contribution in [0.5, 0.6) is 5.75 Å². The molecule has 36 heavy (non-hydrogen) atoms. The van der Waals surface area contributed by atoms with Gasteiger partial charge in [0.05, 0.1) is 11.1 Å². The van der Waals surface area contributed by atoms with Gasteiger partial charge < -0.3 is 10.2 Å². The van der Waals surface area contributed by atoms with Gasteiger partial charge in [-0.2, -0.15) is 0 Å². The van der Waals surface area contributed by atoms with Crippen LogP contribution in [0.25, 0.3) is 16.0 Å². The smallest absolute Gasteiger partial charge is 0.335 e. The molecule has 0 aliphatic heterocycles. The molecule has 0 fully saturated rings. The second-order valence-electron chi connectivity index (χ2n) is 9.66. The minimum absolute atomic E-state index is 0.0180. The molecule has 4 aromatic rings. The molecule has 1 aliphatic carbocycles. The topological polar surface area (TPSA) is 57.5 Å². The molecular formula is C32H26O3S. The van der Waals surface area contributed by atoms with Gasteiger partial charge in [-0.25, -0.2) is 4.79 Å². The Balaban J connectivity index is 1.40.